The number of carbonyl (C=O) groups excluding carboxylic acids is 2. The van der Waals surface area contributed by atoms with E-state index in [1.807, 2.05) is 19.1 Å². The van der Waals surface area contributed by atoms with Crippen molar-refractivity contribution in [3.05, 3.63) is 40.7 Å². The molecule has 2 heterocycles. The Kier molecular flexibility index (Phi) is 7.72. The lowest BCUT2D eigenvalue weighted by Gasteiger charge is -2.31. The van der Waals surface area contributed by atoms with Crippen LogP contribution in [0.4, 0.5) is 5.69 Å². The third kappa shape index (κ3) is 4.83. The molecule has 0 bridgehead atoms. The van der Waals surface area contributed by atoms with Gasteiger partial charge in [0.2, 0.25) is 15.9 Å². The molecular formula is C24H33N3O6S. The van der Waals surface area contributed by atoms with Gasteiger partial charge in [-0.2, -0.15) is 4.31 Å². The number of carbonyl (C=O) groups is 2. The Hall–Kier alpha value is -2.85. The molecule has 9 nitrogen and oxygen atoms in total. The normalized spacial score (nSPS) is 16.8. The van der Waals surface area contributed by atoms with E-state index in [2.05, 4.69) is 5.32 Å². The van der Waals surface area contributed by atoms with Crippen LogP contribution in [0.2, 0.25) is 0 Å². The Bertz CT molecular complexity index is 1200. The second-order valence-corrected chi connectivity index (χ2v) is 10.4. The maximum Gasteiger partial charge on any atom is 0.341 e. The number of methoxy groups -OCH3 is 1. The number of benzene rings is 1. The molecule has 186 valence electrons. The molecule has 1 fully saturated rings. The van der Waals surface area contributed by atoms with E-state index in [4.69, 9.17) is 9.47 Å². The first-order chi connectivity index (χ1) is 16.0. The number of hydrogen-bond donors (Lipinski definition) is 1. The predicted octanol–water partition coefficient (Wildman–Crippen LogP) is 3.18. The summed E-state index contributed by atoms with van der Waals surface area (Å²) < 4.78 is 40.9. The molecule has 34 heavy (non-hydrogen) atoms. The van der Waals surface area contributed by atoms with Gasteiger partial charge in [-0.25, -0.2) is 13.2 Å². The zero-order chi connectivity index (χ0) is 25.2. The third-order valence-corrected chi connectivity index (χ3v) is 8.40. The van der Waals surface area contributed by atoms with Crippen LogP contribution in [0, 0.1) is 26.7 Å². The lowest BCUT2D eigenvalue weighted by atomic mass is 9.98. The number of nitrogens with zero attached hydrogens (tertiary/aromatic N) is 2. The van der Waals surface area contributed by atoms with E-state index in [-0.39, 0.29) is 36.1 Å². The Morgan fingerprint density at radius 1 is 1.18 bits per heavy atom. The largest absolute Gasteiger partial charge is 0.495 e. The van der Waals surface area contributed by atoms with Crippen molar-refractivity contribution in [1.82, 2.24) is 8.87 Å². The molecule has 1 aliphatic rings. The molecule has 0 radical (unpaired) electrons. The lowest BCUT2D eigenvalue weighted by Crippen LogP contribution is -2.44. The molecule has 1 N–H and O–H groups in total. The van der Waals surface area contributed by atoms with Crippen LogP contribution in [0.5, 0.6) is 5.75 Å². The van der Waals surface area contributed by atoms with E-state index < -0.39 is 21.9 Å². The van der Waals surface area contributed by atoms with Crippen LogP contribution in [0.3, 0.4) is 0 Å². The number of aryl methyl sites for hydroxylation is 1. The Morgan fingerprint density at radius 3 is 2.53 bits per heavy atom. The maximum atomic E-state index is 13.7. The number of ether oxygens (including phenoxy) is 2. The van der Waals surface area contributed by atoms with Crippen molar-refractivity contribution in [2.45, 2.75) is 45.4 Å². The summed E-state index contributed by atoms with van der Waals surface area (Å²) in [6.45, 7) is 7.39. The standard InChI is InChI=1S/C24H33N3O6S/c1-7-33-24(29)21-16(3)26(5)17(4)22(21)34(30,31)27-12-8-9-18(14-27)23(28)25-19-13-15(2)10-11-20(19)32-6/h10-11,13,18H,7-9,12,14H2,1-6H3,(H,25,28)/t18-/m1/s1. The summed E-state index contributed by atoms with van der Waals surface area (Å²) in [4.78, 5) is 25.7. The predicted molar refractivity (Wildman–Crippen MR) is 129 cm³/mol. The van der Waals surface area contributed by atoms with Crippen molar-refractivity contribution in [3.8, 4) is 5.75 Å². The van der Waals surface area contributed by atoms with E-state index in [0.29, 0.717) is 35.7 Å². The van der Waals surface area contributed by atoms with Gasteiger partial charge in [0.25, 0.3) is 0 Å². The van der Waals surface area contributed by atoms with Crippen LogP contribution in [-0.4, -0.2) is 56.0 Å². The van der Waals surface area contributed by atoms with Crippen molar-refractivity contribution in [2.24, 2.45) is 13.0 Å². The van der Waals surface area contributed by atoms with Crippen LogP contribution < -0.4 is 10.1 Å². The highest BCUT2D eigenvalue weighted by Crippen LogP contribution is 2.33. The molecule has 1 atom stereocenters. The van der Waals surface area contributed by atoms with Gasteiger partial charge < -0.3 is 19.4 Å². The highest BCUT2D eigenvalue weighted by molar-refractivity contribution is 7.89. The van der Waals surface area contributed by atoms with E-state index >= 15 is 0 Å². The molecule has 1 amide bonds. The first-order valence-corrected chi connectivity index (χ1v) is 12.8. The fourth-order valence-electron chi connectivity index (χ4n) is 4.33. The van der Waals surface area contributed by atoms with E-state index in [1.54, 1.807) is 38.5 Å². The van der Waals surface area contributed by atoms with Crippen LogP contribution in [0.1, 0.15) is 47.1 Å². The van der Waals surface area contributed by atoms with Gasteiger partial charge in [0.15, 0.2) is 0 Å². The fourth-order valence-corrected chi connectivity index (χ4v) is 6.34. The number of hydrogen-bond acceptors (Lipinski definition) is 6. The number of piperidine rings is 1. The molecule has 0 saturated carbocycles. The minimum atomic E-state index is -4.04. The van der Waals surface area contributed by atoms with E-state index in [0.717, 1.165) is 5.56 Å². The Morgan fingerprint density at radius 2 is 1.88 bits per heavy atom. The first-order valence-electron chi connectivity index (χ1n) is 11.3. The van der Waals surface area contributed by atoms with E-state index in [9.17, 15) is 18.0 Å². The molecule has 0 spiro atoms. The smallest absolute Gasteiger partial charge is 0.341 e. The Balaban J connectivity index is 1.89. The fraction of sp³-hybridized carbons (Fsp3) is 0.500. The molecule has 10 heteroatoms. The SMILES string of the molecule is CCOC(=O)c1c(S(=O)(=O)N2CCC[C@@H](C(=O)Nc3cc(C)ccc3OC)C2)c(C)n(C)c1C. The second kappa shape index (κ2) is 10.2. The second-order valence-electron chi connectivity index (χ2n) is 8.55. The number of esters is 1. The molecule has 0 unspecified atom stereocenters. The number of rotatable bonds is 7. The van der Waals surface area contributed by atoms with Gasteiger partial charge in [-0.05, 0) is 58.2 Å². The summed E-state index contributed by atoms with van der Waals surface area (Å²) in [5.41, 5.74) is 2.54. The summed E-state index contributed by atoms with van der Waals surface area (Å²) in [7, 11) is -0.796. The molecule has 1 saturated heterocycles. The molecule has 1 aromatic carbocycles. The number of aromatic nitrogens is 1. The quantitative estimate of drug-likeness (QED) is 0.596. The molecule has 1 aliphatic heterocycles. The van der Waals surface area contributed by atoms with Gasteiger partial charge in [0, 0.05) is 31.5 Å². The van der Waals surface area contributed by atoms with Gasteiger partial charge in [-0.3, -0.25) is 4.79 Å². The van der Waals surface area contributed by atoms with Gasteiger partial charge in [-0.15, -0.1) is 0 Å². The molecular weight excluding hydrogens is 458 g/mol. The van der Waals surface area contributed by atoms with Crippen molar-refractivity contribution >= 4 is 27.6 Å². The zero-order valence-electron chi connectivity index (χ0n) is 20.6. The molecule has 0 aliphatic carbocycles. The highest BCUT2D eigenvalue weighted by Gasteiger charge is 2.39. The summed E-state index contributed by atoms with van der Waals surface area (Å²) in [6.07, 6.45) is 1.09. The van der Waals surface area contributed by atoms with Crippen LogP contribution in [0.25, 0.3) is 0 Å². The average molecular weight is 492 g/mol. The average Bonchev–Trinajstić information content (AvgIpc) is 3.04. The topological polar surface area (TPSA) is 107 Å². The van der Waals surface area contributed by atoms with Crippen LogP contribution in [-0.2, 0) is 26.6 Å². The van der Waals surface area contributed by atoms with Gasteiger partial charge in [-0.1, -0.05) is 6.07 Å². The van der Waals surface area contributed by atoms with Gasteiger partial charge in [0.05, 0.1) is 25.3 Å². The summed E-state index contributed by atoms with van der Waals surface area (Å²) in [6, 6.07) is 5.48. The summed E-state index contributed by atoms with van der Waals surface area (Å²) in [5.74, 6) is -0.936. The highest BCUT2D eigenvalue weighted by atomic mass is 32.2. The van der Waals surface area contributed by atoms with Crippen molar-refractivity contribution < 1.29 is 27.5 Å². The molecule has 2 aromatic rings. The summed E-state index contributed by atoms with van der Waals surface area (Å²) in [5, 5.41) is 2.89. The third-order valence-electron chi connectivity index (χ3n) is 6.37. The first kappa shape index (κ1) is 25.8. The number of anilines is 1. The van der Waals surface area contributed by atoms with Crippen molar-refractivity contribution in [2.75, 3.05) is 32.1 Å². The summed E-state index contributed by atoms with van der Waals surface area (Å²) >= 11 is 0. The molecule has 3 rings (SSSR count). The number of nitrogens with one attached hydrogen (secondary N) is 1. The lowest BCUT2D eigenvalue weighted by molar-refractivity contribution is -0.120. The zero-order valence-corrected chi connectivity index (χ0v) is 21.4. The van der Waals surface area contributed by atoms with Crippen molar-refractivity contribution in [3.63, 3.8) is 0 Å². The number of amides is 1. The van der Waals surface area contributed by atoms with Crippen molar-refractivity contribution in [1.29, 1.82) is 0 Å². The monoisotopic (exact) mass is 491 g/mol. The number of sulfonamides is 1. The van der Waals surface area contributed by atoms with Gasteiger partial charge >= 0.3 is 5.97 Å². The minimum Gasteiger partial charge on any atom is -0.495 e. The van der Waals surface area contributed by atoms with Crippen LogP contribution in [0.15, 0.2) is 23.1 Å². The minimum absolute atomic E-state index is 0.0257. The Labute approximate surface area is 201 Å². The van der Waals surface area contributed by atoms with E-state index in [1.165, 1.54) is 11.4 Å². The maximum absolute atomic E-state index is 13.7. The van der Waals surface area contributed by atoms with Gasteiger partial charge in [0.1, 0.15) is 16.2 Å². The van der Waals surface area contributed by atoms with Crippen LogP contribution >= 0.6 is 0 Å². The molecule has 1 aromatic heterocycles.